The summed E-state index contributed by atoms with van der Waals surface area (Å²) >= 11 is 0. The highest BCUT2D eigenvalue weighted by Crippen LogP contribution is 2.43. The van der Waals surface area contributed by atoms with Gasteiger partial charge in [-0.05, 0) is 12.8 Å². The van der Waals surface area contributed by atoms with Gasteiger partial charge in [-0.1, -0.05) is 0 Å². The number of ether oxygens (including phenoxy) is 2. The number of hydrogen-bond donors (Lipinski definition) is 1. The van der Waals surface area contributed by atoms with E-state index in [1.54, 1.807) is 13.2 Å². The highest BCUT2D eigenvalue weighted by atomic mass is 19.1. The minimum absolute atomic E-state index is 0.0984. The molecular weight excluding hydrogens is 344 g/mol. The Bertz CT molecular complexity index is 971. The second-order valence-corrected chi connectivity index (χ2v) is 6.11. The Labute approximate surface area is 147 Å². The summed E-state index contributed by atoms with van der Waals surface area (Å²) in [6, 6.07) is 2.46. The lowest BCUT2D eigenvalue weighted by Gasteiger charge is -2.11. The molecule has 0 spiro atoms. The van der Waals surface area contributed by atoms with E-state index in [9.17, 15) is 8.78 Å². The number of rotatable bonds is 6. The second kappa shape index (κ2) is 6.49. The first-order chi connectivity index (χ1) is 12.6. The number of hydrogen-bond acceptors (Lipinski definition) is 6. The van der Waals surface area contributed by atoms with Crippen LogP contribution in [0.25, 0.3) is 17.0 Å². The van der Waals surface area contributed by atoms with Crippen molar-refractivity contribution < 1.29 is 18.3 Å². The smallest absolute Gasteiger partial charge is 0.168 e. The average molecular weight is 361 g/mol. The fourth-order valence-corrected chi connectivity index (χ4v) is 2.72. The van der Waals surface area contributed by atoms with Crippen molar-refractivity contribution >= 4 is 11.5 Å². The van der Waals surface area contributed by atoms with E-state index in [2.05, 4.69) is 15.1 Å². The molecule has 0 atom stereocenters. The zero-order valence-corrected chi connectivity index (χ0v) is 14.1. The normalized spacial score (nSPS) is 14.1. The summed E-state index contributed by atoms with van der Waals surface area (Å²) in [5.41, 5.74) is 6.94. The maximum Gasteiger partial charge on any atom is 0.168 e. The van der Waals surface area contributed by atoms with E-state index in [0.717, 1.165) is 18.5 Å². The van der Waals surface area contributed by atoms with Crippen LogP contribution in [-0.2, 0) is 4.74 Å². The monoisotopic (exact) mass is 361 g/mol. The molecule has 1 fully saturated rings. The molecule has 0 radical (unpaired) electrons. The molecule has 136 valence electrons. The van der Waals surface area contributed by atoms with E-state index in [-0.39, 0.29) is 11.5 Å². The van der Waals surface area contributed by atoms with Crippen LogP contribution < -0.4 is 10.5 Å². The first-order valence-corrected chi connectivity index (χ1v) is 8.20. The van der Waals surface area contributed by atoms with Gasteiger partial charge in [-0.2, -0.15) is 5.10 Å². The minimum Gasteiger partial charge on any atom is -0.489 e. The molecule has 3 aromatic heterocycles. The average Bonchev–Trinajstić information content (AvgIpc) is 3.38. The van der Waals surface area contributed by atoms with Gasteiger partial charge in [0.1, 0.15) is 29.4 Å². The third-order valence-corrected chi connectivity index (χ3v) is 4.19. The molecule has 0 aliphatic heterocycles. The lowest BCUT2D eigenvalue weighted by atomic mass is 10.2. The molecule has 7 nitrogen and oxygen atoms in total. The molecule has 26 heavy (non-hydrogen) atoms. The number of methoxy groups -OCH3 is 1. The number of pyridine rings is 1. The van der Waals surface area contributed by atoms with Crippen molar-refractivity contribution in [3.8, 4) is 17.1 Å². The van der Waals surface area contributed by atoms with Crippen LogP contribution in [0, 0.1) is 11.6 Å². The van der Waals surface area contributed by atoms with Crippen LogP contribution in [0.3, 0.4) is 0 Å². The Morgan fingerprint density at radius 2 is 2.04 bits per heavy atom. The van der Waals surface area contributed by atoms with E-state index in [1.807, 2.05) is 0 Å². The van der Waals surface area contributed by atoms with E-state index in [0.29, 0.717) is 42.3 Å². The lowest BCUT2D eigenvalue weighted by Crippen LogP contribution is -2.09. The van der Waals surface area contributed by atoms with Gasteiger partial charge in [0.2, 0.25) is 0 Å². The number of fused-ring (bicyclic) bond motifs is 1. The van der Waals surface area contributed by atoms with Gasteiger partial charge in [-0.3, -0.25) is 0 Å². The predicted octanol–water partition coefficient (Wildman–Crippen LogP) is 2.55. The molecule has 1 saturated carbocycles. The zero-order valence-electron chi connectivity index (χ0n) is 14.1. The van der Waals surface area contributed by atoms with Gasteiger partial charge in [0.15, 0.2) is 23.1 Å². The molecule has 3 aromatic rings. The van der Waals surface area contributed by atoms with Gasteiger partial charge in [0.25, 0.3) is 0 Å². The third kappa shape index (κ3) is 2.94. The van der Waals surface area contributed by atoms with E-state index < -0.39 is 11.6 Å². The minimum atomic E-state index is -0.902. The number of halogens is 2. The van der Waals surface area contributed by atoms with E-state index in [4.69, 9.17) is 15.2 Å². The molecule has 2 N–H and O–H groups in total. The molecule has 0 saturated heterocycles. The Balaban J connectivity index is 1.81. The molecule has 0 bridgehead atoms. The first kappa shape index (κ1) is 16.6. The molecule has 3 heterocycles. The van der Waals surface area contributed by atoms with Crippen molar-refractivity contribution in [1.82, 2.24) is 19.6 Å². The Hall–Kier alpha value is -2.81. The highest BCUT2D eigenvalue weighted by Gasteiger charge is 2.30. The number of imidazole rings is 1. The third-order valence-electron chi connectivity index (χ3n) is 4.19. The van der Waals surface area contributed by atoms with Crippen LogP contribution in [0.2, 0.25) is 0 Å². The molecule has 0 amide bonds. The van der Waals surface area contributed by atoms with Gasteiger partial charge in [0.05, 0.1) is 12.8 Å². The molecule has 1 aliphatic carbocycles. The first-order valence-electron chi connectivity index (χ1n) is 8.20. The van der Waals surface area contributed by atoms with Crippen molar-refractivity contribution in [2.24, 2.45) is 0 Å². The summed E-state index contributed by atoms with van der Waals surface area (Å²) in [5, 5.41) is 4.59. The van der Waals surface area contributed by atoms with Crippen molar-refractivity contribution in [1.29, 1.82) is 0 Å². The number of anilines is 1. The van der Waals surface area contributed by atoms with E-state index >= 15 is 0 Å². The van der Waals surface area contributed by atoms with E-state index in [1.165, 1.54) is 10.7 Å². The number of aromatic nitrogens is 4. The number of nitrogen functional groups attached to an aromatic ring is 1. The SMILES string of the molecule is COCCOc1cc2ncc(-c3nc(N)c(F)cc3F)n2nc1C1CC1. The summed E-state index contributed by atoms with van der Waals surface area (Å²) in [6.07, 6.45) is 3.46. The van der Waals surface area contributed by atoms with Crippen LogP contribution >= 0.6 is 0 Å². The molecule has 0 unspecified atom stereocenters. The van der Waals surface area contributed by atoms with Crippen LogP contribution in [0.1, 0.15) is 24.5 Å². The molecule has 4 rings (SSSR count). The Kier molecular flexibility index (Phi) is 4.15. The fourth-order valence-electron chi connectivity index (χ4n) is 2.72. The van der Waals surface area contributed by atoms with Gasteiger partial charge in [0, 0.05) is 25.2 Å². The van der Waals surface area contributed by atoms with Gasteiger partial charge < -0.3 is 15.2 Å². The zero-order chi connectivity index (χ0) is 18.3. The molecular formula is C17H17F2N5O2. The summed E-state index contributed by atoms with van der Waals surface area (Å²) in [7, 11) is 1.60. The van der Waals surface area contributed by atoms with Crippen molar-refractivity contribution in [3.05, 3.63) is 35.7 Å². The van der Waals surface area contributed by atoms with Crippen LogP contribution in [0.4, 0.5) is 14.6 Å². The van der Waals surface area contributed by atoms with Crippen molar-refractivity contribution in [2.75, 3.05) is 26.1 Å². The van der Waals surface area contributed by atoms with Crippen LogP contribution in [-0.4, -0.2) is 39.9 Å². The van der Waals surface area contributed by atoms with Gasteiger partial charge in [-0.25, -0.2) is 23.3 Å². The van der Waals surface area contributed by atoms with Crippen LogP contribution in [0.5, 0.6) is 5.75 Å². The quantitative estimate of drug-likeness (QED) is 0.679. The maximum atomic E-state index is 14.2. The molecule has 1 aliphatic rings. The summed E-state index contributed by atoms with van der Waals surface area (Å²) in [4.78, 5) is 8.06. The summed E-state index contributed by atoms with van der Waals surface area (Å²) in [6.45, 7) is 0.852. The lowest BCUT2D eigenvalue weighted by molar-refractivity contribution is 0.145. The van der Waals surface area contributed by atoms with Gasteiger partial charge >= 0.3 is 0 Å². The Morgan fingerprint density at radius 3 is 2.77 bits per heavy atom. The largest absolute Gasteiger partial charge is 0.489 e. The standard InChI is InChI=1S/C17H17F2N5O2/c1-25-4-5-26-13-7-14-21-8-12(24(14)23-15(13)9-2-3-9)16-10(18)6-11(19)17(20)22-16/h6-9H,2-5H2,1H3,(H2,20,22). The second-order valence-electron chi connectivity index (χ2n) is 6.11. The number of nitrogens with zero attached hydrogens (tertiary/aromatic N) is 4. The highest BCUT2D eigenvalue weighted by molar-refractivity contribution is 5.63. The topological polar surface area (TPSA) is 87.6 Å². The molecule has 9 heteroatoms. The van der Waals surface area contributed by atoms with Crippen LogP contribution in [0.15, 0.2) is 18.3 Å². The predicted molar refractivity (Wildman–Crippen MR) is 89.9 cm³/mol. The van der Waals surface area contributed by atoms with Crippen molar-refractivity contribution in [3.63, 3.8) is 0 Å². The van der Waals surface area contributed by atoms with Crippen molar-refractivity contribution in [2.45, 2.75) is 18.8 Å². The van der Waals surface area contributed by atoms with Gasteiger partial charge in [-0.15, -0.1) is 0 Å². The Morgan fingerprint density at radius 1 is 1.23 bits per heavy atom. The fraction of sp³-hybridized carbons (Fsp3) is 0.353. The molecule has 0 aromatic carbocycles. The summed E-state index contributed by atoms with van der Waals surface area (Å²) in [5.74, 6) is -1.17. The number of nitrogens with two attached hydrogens (primary N) is 1. The maximum absolute atomic E-state index is 14.2. The summed E-state index contributed by atoms with van der Waals surface area (Å²) < 4.78 is 39.9.